The summed E-state index contributed by atoms with van der Waals surface area (Å²) in [6.45, 7) is 5.26. The van der Waals surface area contributed by atoms with Gasteiger partial charge in [0, 0.05) is 24.8 Å². The minimum Gasteiger partial charge on any atom is -0.311 e. The van der Waals surface area contributed by atoms with Gasteiger partial charge in [-0.3, -0.25) is 9.69 Å². The minimum atomic E-state index is -0.00709. The number of aryl methyl sites for hydroxylation is 3. The number of hydrogen-bond acceptors (Lipinski definition) is 4. The summed E-state index contributed by atoms with van der Waals surface area (Å²) in [5.74, 6) is 3.43. The standard InChI is InChI=1S/C29H42N4O/c1-20-11-13-23(21(2)18-20)19-26(34)25-10-7-17-32(3)28(25)29-31-30-27(33(29)24-14-15-24)16-12-22-8-5-4-6-9-22/h11,13,18,22,24-25,28H,4-10,12,14-17,19H2,1-3H3/t25-,28+/m1/s1. The van der Waals surface area contributed by atoms with Crippen LogP contribution in [0.15, 0.2) is 18.2 Å². The van der Waals surface area contributed by atoms with Crippen molar-refractivity contribution >= 4 is 5.78 Å². The van der Waals surface area contributed by atoms with E-state index in [2.05, 4.69) is 48.6 Å². The second-order valence-electron chi connectivity index (χ2n) is 11.4. The second-order valence-corrected chi connectivity index (χ2v) is 11.4. The van der Waals surface area contributed by atoms with Crippen molar-refractivity contribution in [3.63, 3.8) is 0 Å². The number of benzene rings is 1. The van der Waals surface area contributed by atoms with Crippen LogP contribution in [0.3, 0.4) is 0 Å². The summed E-state index contributed by atoms with van der Waals surface area (Å²) in [5, 5.41) is 9.55. The van der Waals surface area contributed by atoms with Crippen molar-refractivity contribution in [1.29, 1.82) is 0 Å². The Kier molecular flexibility index (Phi) is 7.19. The molecule has 2 aliphatic carbocycles. The number of hydrogen-bond donors (Lipinski definition) is 0. The van der Waals surface area contributed by atoms with Gasteiger partial charge in [-0.15, -0.1) is 10.2 Å². The summed E-state index contributed by atoms with van der Waals surface area (Å²) in [6, 6.07) is 7.04. The normalized spacial score (nSPS) is 24.4. The zero-order valence-electron chi connectivity index (χ0n) is 21.4. The predicted molar refractivity (Wildman–Crippen MR) is 136 cm³/mol. The van der Waals surface area contributed by atoms with Crippen molar-refractivity contribution in [2.75, 3.05) is 13.6 Å². The number of rotatable bonds is 8. The molecule has 2 aromatic rings. The van der Waals surface area contributed by atoms with Crippen molar-refractivity contribution in [3.05, 3.63) is 46.5 Å². The van der Waals surface area contributed by atoms with Crippen LogP contribution in [0.4, 0.5) is 0 Å². The lowest BCUT2D eigenvalue weighted by Gasteiger charge is -2.38. The van der Waals surface area contributed by atoms with Gasteiger partial charge in [0.05, 0.1) is 6.04 Å². The van der Waals surface area contributed by atoms with E-state index in [1.807, 2.05) is 0 Å². The van der Waals surface area contributed by atoms with Crippen LogP contribution in [-0.4, -0.2) is 39.0 Å². The SMILES string of the molecule is Cc1ccc(CC(=O)[C@H]2CCCN(C)[C@@H]2c2nnc(CCC3CCCCC3)n2C2CC2)c(C)c1. The van der Waals surface area contributed by atoms with Crippen LogP contribution in [0.5, 0.6) is 0 Å². The van der Waals surface area contributed by atoms with E-state index in [1.54, 1.807) is 0 Å². The molecule has 0 radical (unpaired) electrons. The zero-order chi connectivity index (χ0) is 23.7. The van der Waals surface area contributed by atoms with Gasteiger partial charge in [0.15, 0.2) is 5.82 Å². The van der Waals surface area contributed by atoms with Crippen LogP contribution in [0.1, 0.15) is 105 Å². The fraction of sp³-hybridized carbons (Fsp3) is 0.690. The first-order valence-corrected chi connectivity index (χ1v) is 13.7. The highest BCUT2D eigenvalue weighted by molar-refractivity contribution is 5.84. The summed E-state index contributed by atoms with van der Waals surface area (Å²) in [4.78, 5) is 16.1. The van der Waals surface area contributed by atoms with Crippen molar-refractivity contribution in [2.45, 2.75) is 103 Å². The number of ketones is 1. The van der Waals surface area contributed by atoms with E-state index < -0.39 is 0 Å². The third-order valence-corrected chi connectivity index (χ3v) is 8.63. The smallest absolute Gasteiger partial charge is 0.151 e. The molecule has 0 unspecified atom stereocenters. The summed E-state index contributed by atoms with van der Waals surface area (Å²) >= 11 is 0. The molecule has 2 atom stereocenters. The van der Waals surface area contributed by atoms with Gasteiger partial charge in [-0.25, -0.2) is 0 Å². The molecule has 34 heavy (non-hydrogen) atoms. The first-order chi connectivity index (χ1) is 16.5. The molecule has 5 heteroatoms. The fourth-order valence-corrected chi connectivity index (χ4v) is 6.49. The Morgan fingerprint density at radius 1 is 1.00 bits per heavy atom. The van der Waals surface area contributed by atoms with Crippen LogP contribution in [0.2, 0.25) is 0 Å². The summed E-state index contributed by atoms with van der Waals surface area (Å²) in [6.07, 6.45) is 14.2. The van der Waals surface area contributed by atoms with E-state index >= 15 is 0 Å². The first-order valence-electron chi connectivity index (χ1n) is 13.7. The van der Waals surface area contributed by atoms with Crippen molar-refractivity contribution in [2.24, 2.45) is 11.8 Å². The molecule has 3 aliphatic rings. The van der Waals surface area contributed by atoms with E-state index in [0.717, 1.165) is 37.5 Å². The predicted octanol–water partition coefficient (Wildman–Crippen LogP) is 5.94. The number of piperidine rings is 1. The summed E-state index contributed by atoms with van der Waals surface area (Å²) in [7, 11) is 2.18. The van der Waals surface area contributed by atoms with Gasteiger partial charge in [-0.2, -0.15) is 0 Å². The molecule has 1 aromatic heterocycles. The Labute approximate surface area is 205 Å². The number of carbonyl (C=O) groups is 1. The fourth-order valence-electron chi connectivity index (χ4n) is 6.49. The highest BCUT2D eigenvalue weighted by Crippen LogP contribution is 2.42. The van der Waals surface area contributed by atoms with Crippen LogP contribution >= 0.6 is 0 Å². The van der Waals surface area contributed by atoms with Gasteiger partial charge in [0.2, 0.25) is 0 Å². The van der Waals surface area contributed by atoms with Gasteiger partial charge < -0.3 is 4.57 Å². The molecule has 2 heterocycles. The van der Waals surface area contributed by atoms with Crippen LogP contribution in [-0.2, 0) is 17.6 Å². The molecule has 3 fully saturated rings. The largest absolute Gasteiger partial charge is 0.311 e. The van der Waals surface area contributed by atoms with Gasteiger partial charge in [0.1, 0.15) is 11.6 Å². The van der Waals surface area contributed by atoms with E-state index in [9.17, 15) is 4.79 Å². The van der Waals surface area contributed by atoms with Gasteiger partial charge in [-0.1, -0.05) is 55.9 Å². The van der Waals surface area contributed by atoms with Gasteiger partial charge >= 0.3 is 0 Å². The maximum Gasteiger partial charge on any atom is 0.151 e. The average molecular weight is 463 g/mol. The van der Waals surface area contributed by atoms with E-state index in [4.69, 9.17) is 10.2 Å². The Balaban J connectivity index is 1.37. The van der Waals surface area contributed by atoms with Crippen LogP contribution in [0.25, 0.3) is 0 Å². The molecule has 5 nitrogen and oxygen atoms in total. The van der Waals surface area contributed by atoms with E-state index in [0.29, 0.717) is 18.2 Å². The molecule has 2 saturated carbocycles. The number of likely N-dealkylation sites (tertiary alicyclic amines) is 1. The molecule has 5 rings (SSSR count). The topological polar surface area (TPSA) is 51.0 Å². The Hall–Kier alpha value is -2.01. The Bertz CT molecular complexity index is 1000. The molecule has 0 bridgehead atoms. The minimum absolute atomic E-state index is 0.00709. The monoisotopic (exact) mass is 462 g/mol. The third kappa shape index (κ3) is 5.15. The van der Waals surface area contributed by atoms with E-state index in [-0.39, 0.29) is 12.0 Å². The number of Topliss-reactive ketones (excluding diaryl/α,β-unsaturated/α-hetero) is 1. The maximum absolute atomic E-state index is 13.7. The summed E-state index contributed by atoms with van der Waals surface area (Å²) in [5.41, 5.74) is 3.64. The Morgan fingerprint density at radius 2 is 1.79 bits per heavy atom. The lowest BCUT2D eigenvalue weighted by atomic mass is 9.82. The molecule has 184 valence electrons. The summed E-state index contributed by atoms with van der Waals surface area (Å²) < 4.78 is 2.47. The highest BCUT2D eigenvalue weighted by atomic mass is 16.1. The molecule has 0 spiro atoms. The van der Waals surface area contributed by atoms with Crippen LogP contribution < -0.4 is 0 Å². The highest BCUT2D eigenvalue weighted by Gasteiger charge is 2.41. The Morgan fingerprint density at radius 3 is 2.53 bits per heavy atom. The van der Waals surface area contributed by atoms with Crippen molar-refractivity contribution in [1.82, 2.24) is 19.7 Å². The molecule has 1 aliphatic heterocycles. The molecule has 1 aromatic carbocycles. The van der Waals surface area contributed by atoms with Crippen LogP contribution in [0, 0.1) is 25.7 Å². The second kappa shape index (κ2) is 10.3. The van der Waals surface area contributed by atoms with E-state index in [1.165, 1.54) is 73.9 Å². The van der Waals surface area contributed by atoms with Crippen molar-refractivity contribution in [3.8, 4) is 0 Å². The molecule has 1 saturated heterocycles. The number of aromatic nitrogens is 3. The van der Waals surface area contributed by atoms with Gasteiger partial charge in [-0.05, 0) is 76.6 Å². The number of carbonyl (C=O) groups excluding carboxylic acids is 1. The lowest BCUT2D eigenvalue weighted by molar-refractivity contribution is -0.126. The maximum atomic E-state index is 13.7. The number of nitrogens with zero attached hydrogens (tertiary/aromatic N) is 4. The third-order valence-electron chi connectivity index (χ3n) is 8.63. The zero-order valence-corrected chi connectivity index (χ0v) is 21.4. The first kappa shape index (κ1) is 23.7. The quantitative estimate of drug-likeness (QED) is 0.487. The molecular weight excluding hydrogens is 420 g/mol. The molecule has 0 N–H and O–H groups in total. The lowest BCUT2D eigenvalue weighted by Crippen LogP contribution is -2.41. The molecular formula is C29H42N4O. The van der Waals surface area contributed by atoms with Crippen molar-refractivity contribution < 1.29 is 4.79 Å². The van der Waals surface area contributed by atoms with Gasteiger partial charge in [0.25, 0.3) is 0 Å². The average Bonchev–Trinajstić information content (AvgIpc) is 3.59. The molecule has 0 amide bonds.